The van der Waals surface area contributed by atoms with Gasteiger partial charge >= 0.3 is 6.36 Å². The predicted octanol–water partition coefficient (Wildman–Crippen LogP) is 7.22. The number of para-hydroxylation sites is 1. The average molecular weight is 587 g/mol. The third-order valence-electron chi connectivity index (χ3n) is 6.28. The number of aliphatic hydroxyl groups excluding tert-OH is 1. The van der Waals surface area contributed by atoms with Crippen LogP contribution >= 0.6 is 23.2 Å². The number of aromatic nitrogens is 2. The highest BCUT2D eigenvalue weighted by molar-refractivity contribution is 7.85. The van der Waals surface area contributed by atoms with E-state index in [2.05, 4.69) is 14.7 Å². The molecule has 2 N–H and O–H groups in total. The number of fused-ring (bicyclic) bond motifs is 1. The van der Waals surface area contributed by atoms with Crippen LogP contribution in [0.3, 0.4) is 0 Å². The molecule has 1 aliphatic rings. The molecule has 0 amide bonds. The Morgan fingerprint density at radius 3 is 2.55 bits per heavy atom. The Hall–Kier alpha value is -2.66. The van der Waals surface area contributed by atoms with Crippen LogP contribution in [0.4, 0.5) is 17.6 Å². The van der Waals surface area contributed by atoms with Crippen LogP contribution in [0.15, 0.2) is 53.4 Å². The summed E-state index contributed by atoms with van der Waals surface area (Å²) in [5, 5.41) is 10.1. The molecule has 1 fully saturated rings. The van der Waals surface area contributed by atoms with Crippen LogP contribution in [-0.2, 0) is 10.8 Å². The highest BCUT2D eigenvalue weighted by Crippen LogP contribution is 2.44. The number of nitrogens with one attached hydrogen (secondary N) is 1. The number of ether oxygens (including phenoxy) is 1. The molecular formula is C26H20Cl2F4N2O3S. The van der Waals surface area contributed by atoms with Gasteiger partial charge in [-0.05, 0) is 43.0 Å². The van der Waals surface area contributed by atoms with E-state index in [1.54, 1.807) is 6.07 Å². The third kappa shape index (κ3) is 5.54. The van der Waals surface area contributed by atoms with E-state index >= 15 is 4.39 Å². The molecule has 5 nitrogen and oxygen atoms in total. The summed E-state index contributed by atoms with van der Waals surface area (Å²) in [5.74, 6) is -0.990. The van der Waals surface area contributed by atoms with Crippen LogP contribution in [0.1, 0.15) is 30.1 Å². The first-order valence-corrected chi connectivity index (χ1v) is 13.6. The zero-order valence-corrected chi connectivity index (χ0v) is 21.8. The Morgan fingerprint density at radius 2 is 1.89 bits per heavy atom. The Morgan fingerprint density at radius 1 is 1.16 bits per heavy atom. The molecule has 200 valence electrons. The maximum Gasteiger partial charge on any atom is 0.573 e. The maximum absolute atomic E-state index is 15.1. The molecule has 1 aromatic heterocycles. The summed E-state index contributed by atoms with van der Waals surface area (Å²) in [6.45, 7) is -0.512. The van der Waals surface area contributed by atoms with Crippen LogP contribution in [0, 0.1) is 11.7 Å². The minimum Gasteiger partial charge on any atom is -0.405 e. The number of H-pyrrole nitrogens is 1. The molecule has 0 saturated heterocycles. The van der Waals surface area contributed by atoms with Gasteiger partial charge in [0.05, 0.1) is 38.9 Å². The fraction of sp³-hybridized carbons (Fsp3) is 0.269. The number of halogens is 6. The SMILES string of the molecule is O=S(CC1CC1)c1ccc(C(CO)c2nc3c(Cl)c(-c4ccccc4OC(F)(F)F)c(Cl)cc3[nH]2)c(F)c1. The summed E-state index contributed by atoms with van der Waals surface area (Å²) in [5.41, 5.74) is 0.724. The minimum atomic E-state index is -4.93. The fourth-order valence-corrected chi connectivity index (χ4v) is 6.37. The molecule has 4 aromatic rings. The molecule has 1 aliphatic carbocycles. The van der Waals surface area contributed by atoms with Gasteiger partial charge in [-0.3, -0.25) is 4.21 Å². The van der Waals surface area contributed by atoms with Crippen LogP contribution in [0.5, 0.6) is 5.75 Å². The van der Waals surface area contributed by atoms with Gasteiger partial charge in [0, 0.05) is 27.3 Å². The summed E-state index contributed by atoms with van der Waals surface area (Å²) in [6.07, 6.45) is -2.88. The van der Waals surface area contributed by atoms with Crippen molar-refractivity contribution < 1.29 is 31.6 Å². The van der Waals surface area contributed by atoms with Crippen LogP contribution in [0.2, 0.25) is 10.0 Å². The second-order valence-corrected chi connectivity index (χ2v) is 11.3. The molecule has 2 atom stereocenters. The smallest absolute Gasteiger partial charge is 0.405 e. The van der Waals surface area contributed by atoms with E-state index in [1.165, 1.54) is 36.4 Å². The predicted molar refractivity (Wildman–Crippen MR) is 138 cm³/mol. The van der Waals surface area contributed by atoms with Crippen molar-refractivity contribution >= 4 is 45.0 Å². The molecule has 1 saturated carbocycles. The number of nitrogens with zero attached hydrogens (tertiary/aromatic N) is 1. The first-order chi connectivity index (χ1) is 18.1. The molecule has 0 aliphatic heterocycles. The number of hydrogen-bond donors (Lipinski definition) is 2. The van der Waals surface area contributed by atoms with Gasteiger partial charge in [0.2, 0.25) is 0 Å². The Kier molecular flexibility index (Phi) is 7.43. The van der Waals surface area contributed by atoms with E-state index in [1.807, 2.05) is 0 Å². The zero-order valence-electron chi connectivity index (χ0n) is 19.5. The first kappa shape index (κ1) is 26.9. The second kappa shape index (κ2) is 10.5. The third-order valence-corrected chi connectivity index (χ3v) is 8.50. The van der Waals surface area contributed by atoms with Crippen molar-refractivity contribution in [2.45, 2.75) is 30.0 Å². The fourth-order valence-electron chi connectivity index (χ4n) is 4.26. The van der Waals surface area contributed by atoms with Crippen molar-refractivity contribution in [2.75, 3.05) is 12.4 Å². The van der Waals surface area contributed by atoms with Gasteiger partial charge in [0.1, 0.15) is 22.9 Å². The molecule has 38 heavy (non-hydrogen) atoms. The Labute approximate surface area is 227 Å². The van der Waals surface area contributed by atoms with Crippen LogP contribution in [-0.4, -0.2) is 38.0 Å². The molecule has 5 rings (SSSR count). The molecule has 1 heterocycles. The van der Waals surface area contributed by atoms with E-state index in [4.69, 9.17) is 23.2 Å². The van der Waals surface area contributed by atoms with Crippen molar-refractivity contribution in [3.8, 4) is 16.9 Å². The molecule has 0 spiro atoms. The van der Waals surface area contributed by atoms with Gasteiger partial charge in [-0.15, -0.1) is 13.2 Å². The van der Waals surface area contributed by atoms with Crippen LogP contribution in [0.25, 0.3) is 22.2 Å². The van der Waals surface area contributed by atoms with E-state index in [0.717, 1.165) is 18.9 Å². The largest absolute Gasteiger partial charge is 0.573 e. The number of hydrogen-bond acceptors (Lipinski definition) is 4. The van der Waals surface area contributed by atoms with Crippen molar-refractivity contribution in [3.63, 3.8) is 0 Å². The van der Waals surface area contributed by atoms with E-state index in [0.29, 0.717) is 22.1 Å². The zero-order chi connectivity index (χ0) is 27.2. The Bertz CT molecular complexity index is 1540. The quantitative estimate of drug-likeness (QED) is 0.214. The highest BCUT2D eigenvalue weighted by atomic mass is 35.5. The lowest BCUT2D eigenvalue weighted by atomic mass is 9.99. The summed E-state index contributed by atoms with van der Waals surface area (Å²) in [4.78, 5) is 7.79. The lowest BCUT2D eigenvalue weighted by Gasteiger charge is -2.15. The maximum atomic E-state index is 15.1. The number of rotatable bonds is 8. The average Bonchev–Trinajstić information content (AvgIpc) is 3.56. The summed E-state index contributed by atoms with van der Waals surface area (Å²) >= 11 is 13.0. The number of aromatic amines is 1. The molecule has 0 bridgehead atoms. The first-order valence-electron chi connectivity index (χ1n) is 11.6. The lowest BCUT2D eigenvalue weighted by Crippen LogP contribution is -2.17. The van der Waals surface area contributed by atoms with E-state index < -0.39 is 41.3 Å². The van der Waals surface area contributed by atoms with Gasteiger partial charge in [0.25, 0.3) is 0 Å². The highest BCUT2D eigenvalue weighted by Gasteiger charge is 2.33. The monoisotopic (exact) mass is 586 g/mol. The second-order valence-electron chi connectivity index (χ2n) is 8.98. The summed E-state index contributed by atoms with van der Waals surface area (Å²) in [6, 6.07) is 11.1. The number of alkyl halides is 3. The number of aliphatic hydroxyl groups is 1. The van der Waals surface area contributed by atoms with Crippen molar-refractivity contribution in [1.82, 2.24) is 9.97 Å². The van der Waals surface area contributed by atoms with Crippen molar-refractivity contribution in [3.05, 3.63) is 75.8 Å². The normalized spacial score (nSPS) is 15.6. The summed E-state index contributed by atoms with van der Waals surface area (Å²) in [7, 11) is -1.32. The van der Waals surface area contributed by atoms with Crippen LogP contribution < -0.4 is 4.74 Å². The standard InChI is InChI=1S/C26H20Cl2F4N2O3S/c27-18-10-20-24(23(28)22(18)16-3-1-2-4-21(16)37-26(30,31)32)34-25(33-20)17(11-35)15-8-7-14(9-19(15)29)38(36)12-13-5-6-13/h1-4,7-10,13,17,35H,5-6,11-12H2,(H,33,34). The topological polar surface area (TPSA) is 75.2 Å². The molecule has 3 aromatic carbocycles. The number of imidazole rings is 1. The van der Waals surface area contributed by atoms with Crippen molar-refractivity contribution in [1.29, 1.82) is 0 Å². The van der Waals surface area contributed by atoms with Crippen molar-refractivity contribution in [2.24, 2.45) is 5.92 Å². The molecule has 2 unspecified atom stereocenters. The van der Waals surface area contributed by atoms with Gasteiger partial charge in [-0.2, -0.15) is 0 Å². The molecule has 0 radical (unpaired) electrons. The lowest BCUT2D eigenvalue weighted by molar-refractivity contribution is -0.274. The molecule has 12 heteroatoms. The molecular weight excluding hydrogens is 567 g/mol. The minimum absolute atomic E-state index is 0.00538. The van der Waals surface area contributed by atoms with Gasteiger partial charge in [-0.25, -0.2) is 9.37 Å². The van der Waals surface area contributed by atoms with Gasteiger partial charge in [-0.1, -0.05) is 47.5 Å². The summed E-state index contributed by atoms with van der Waals surface area (Å²) < 4.78 is 70.6. The van der Waals surface area contributed by atoms with Gasteiger partial charge < -0.3 is 14.8 Å². The van der Waals surface area contributed by atoms with E-state index in [9.17, 15) is 22.5 Å². The number of benzene rings is 3. The van der Waals surface area contributed by atoms with Gasteiger partial charge in [0.15, 0.2) is 0 Å². The van der Waals surface area contributed by atoms with E-state index in [-0.39, 0.29) is 38.1 Å². The Balaban J connectivity index is 1.53.